The molecule has 1 aliphatic carbocycles. The molecule has 0 bridgehead atoms. The number of nitrogens with zero attached hydrogens (tertiary/aromatic N) is 4. The molecular weight excluding hydrogens is 540 g/mol. The number of ether oxygens (including phenoxy) is 3. The lowest BCUT2D eigenvalue weighted by atomic mass is 9.74. The van der Waals surface area contributed by atoms with Crippen molar-refractivity contribution in [1.29, 1.82) is 0 Å². The molecule has 1 aromatic heterocycles. The maximum atomic E-state index is 10.3. The number of methoxy groups -OCH3 is 2. The van der Waals surface area contributed by atoms with Gasteiger partial charge in [0.05, 0.1) is 44.2 Å². The van der Waals surface area contributed by atoms with Gasteiger partial charge in [-0.05, 0) is 43.9 Å². The van der Waals surface area contributed by atoms with Crippen molar-refractivity contribution >= 4 is 23.6 Å². The van der Waals surface area contributed by atoms with Crippen LogP contribution in [0.1, 0.15) is 48.8 Å². The number of hydrogen-bond acceptors (Lipinski definition) is 12. The minimum atomic E-state index is -2.27. The zero-order valence-corrected chi connectivity index (χ0v) is 23.5. The van der Waals surface area contributed by atoms with Crippen LogP contribution in [0.5, 0.6) is 17.4 Å². The molecule has 4 rings (SSSR count). The Labute approximate surface area is 236 Å². The van der Waals surface area contributed by atoms with E-state index in [-0.39, 0.29) is 18.1 Å². The first-order valence-corrected chi connectivity index (χ1v) is 12.9. The van der Waals surface area contributed by atoms with Crippen LogP contribution in [-0.4, -0.2) is 112 Å². The third kappa shape index (κ3) is 7.01. The molecule has 41 heavy (non-hydrogen) atoms. The molecule has 14 heteroatoms. The maximum Gasteiger partial charge on any atom is 0.335 e. The Bertz CT molecular complexity index is 1270. The van der Waals surface area contributed by atoms with Gasteiger partial charge in [0.2, 0.25) is 11.8 Å². The number of aliphatic imine (C=N–C) groups is 1. The highest BCUT2D eigenvalue weighted by atomic mass is 16.5. The highest BCUT2D eigenvalue weighted by Crippen LogP contribution is 2.45. The van der Waals surface area contributed by atoms with Gasteiger partial charge in [0.1, 0.15) is 0 Å². The predicted octanol–water partition coefficient (Wildman–Crippen LogP) is 0.684. The second-order valence-electron chi connectivity index (χ2n) is 9.70. The molecule has 0 amide bonds. The smallest absolute Gasteiger partial charge is 0.335 e. The number of carboxylic acid groups (broad SMARTS) is 2. The molecule has 1 saturated carbocycles. The van der Waals surface area contributed by atoms with Crippen molar-refractivity contribution in [1.82, 2.24) is 9.97 Å². The summed E-state index contributed by atoms with van der Waals surface area (Å²) >= 11 is 0. The number of fused-ring (bicyclic) bond motifs is 3. The monoisotopic (exact) mass is 576 g/mol. The summed E-state index contributed by atoms with van der Waals surface area (Å²) < 4.78 is 17.1. The molecule has 5 atom stereocenters. The van der Waals surface area contributed by atoms with Gasteiger partial charge in [-0.2, -0.15) is 4.98 Å². The molecule has 0 spiro atoms. The van der Waals surface area contributed by atoms with Crippen LogP contribution < -0.4 is 19.1 Å². The first-order valence-electron chi connectivity index (χ1n) is 12.9. The number of rotatable bonds is 9. The van der Waals surface area contributed by atoms with Crippen molar-refractivity contribution in [2.24, 2.45) is 4.99 Å². The number of carboxylic acids is 2. The molecule has 2 aliphatic rings. The van der Waals surface area contributed by atoms with Gasteiger partial charge in [-0.3, -0.25) is 4.99 Å². The van der Waals surface area contributed by atoms with E-state index >= 15 is 0 Å². The Hall–Kier alpha value is -4.01. The number of aliphatic hydroxyl groups excluding tert-OH is 3. The third-order valence-corrected chi connectivity index (χ3v) is 6.77. The number of hydrogen-bond donors (Lipinski definition) is 5. The van der Waals surface area contributed by atoms with Crippen LogP contribution in [-0.2, 0) is 9.59 Å². The molecule has 1 aromatic carbocycles. The fourth-order valence-electron chi connectivity index (χ4n) is 4.75. The fourth-order valence-corrected chi connectivity index (χ4v) is 4.75. The van der Waals surface area contributed by atoms with Gasteiger partial charge in [-0.15, -0.1) is 0 Å². The number of aliphatic carboxylic acids is 2. The summed E-state index contributed by atoms with van der Waals surface area (Å²) in [5, 5.41) is 42.9. The van der Waals surface area contributed by atoms with Crippen LogP contribution in [0.4, 0.5) is 5.95 Å². The minimum Gasteiger partial charge on any atom is -0.493 e. The fraction of sp³-hybridized carbons (Fsp3) is 0.519. The van der Waals surface area contributed by atoms with Crippen LogP contribution in [0.2, 0.25) is 0 Å². The SMILES string of the molecule is CCOc1cc2c(cc1OC)C(c1cnc(N(C)C)nc1OC)=N[C@@H]1CC[C@@H](O)C[C@H]21.O=C(O)[C@H](O)[C@@H](O)C(=O)O. The molecule has 0 radical (unpaired) electrons. The average molecular weight is 577 g/mol. The van der Waals surface area contributed by atoms with Gasteiger partial charge in [0.25, 0.3) is 0 Å². The predicted molar refractivity (Wildman–Crippen MR) is 146 cm³/mol. The van der Waals surface area contributed by atoms with Crippen molar-refractivity contribution in [2.75, 3.05) is 39.8 Å². The molecule has 2 aromatic rings. The first-order chi connectivity index (χ1) is 19.4. The zero-order valence-electron chi connectivity index (χ0n) is 23.5. The lowest BCUT2D eigenvalue weighted by Gasteiger charge is -2.37. The standard InChI is InChI=1S/C23H30N4O4.C4H6O6/c1-6-31-20-10-14-15-9-13(28)7-8-18(15)25-21(16(14)11-19(20)29-4)17-12-24-23(27(2)3)26-22(17)30-5;5-1(3(7)8)2(6)4(9)10/h10-13,15,18,28H,6-9H2,1-5H3;1-2,5-6H,(H,7,8)(H,9,10)/t13-,15-,18-;1-,2-/m11/s1. The van der Waals surface area contributed by atoms with Crippen LogP contribution >= 0.6 is 0 Å². The van der Waals surface area contributed by atoms with Crippen LogP contribution in [0, 0.1) is 0 Å². The Morgan fingerprint density at radius 1 is 1.02 bits per heavy atom. The molecule has 224 valence electrons. The Morgan fingerprint density at radius 2 is 1.68 bits per heavy atom. The lowest BCUT2D eigenvalue weighted by Crippen LogP contribution is -2.39. The van der Waals surface area contributed by atoms with E-state index in [2.05, 4.69) is 9.97 Å². The largest absolute Gasteiger partial charge is 0.493 e. The Kier molecular flexibility index (Phi) is 10.4. The number of anilines is 1. The summed E-state index contributed by atoms with van der Waals surface area (Å²) in [6.45, 7) is 2.49. The van der Waals surface area contributed by atoms with Gasteiger partial charge >= 0.3 is 11.9 Å². The highest BCUT2D eigenvalue weighted by molar-refractivity contribution is 6.16. The van der Waals surface area contributed by atoms with Crippen LogP contribution in [0.25, 0.3) is 0 Å². The summed E-state index contributed by atoms with van der Waals surface area (Å²) in [7, 11) is 7.01. The van der Waals surface area contributed by atoms with E-state index in [4.69, 9.17) is 39.6 Å². The second kappa shape index (κ2) is 13.6. The molecular formula is C27H36N4O10. The van der Waals surface area contributed by atoms with E-state index in [1.165, 1.54) is 0 Å². The lowest BCUT2D eigenvalue weighted by molar-refractivity contribution is -0.165. The van der Waals surface area contributed by atoms with E-state index in [1.807, 2.05) is 38.1 Å². The second-order valence-corrected chi connectivity index (χ2v) is 9.70. The summed E-state index contributed by atoms with van der Waals surface area (Å²) in [4.78, 5) is 35.6. The van der Waals surface area contributed by atoms with E-state index in [1.54, 1.807) is 20.4 Å². The van der Waals surface area contributed by atoms with Crippen molar-refractivity contribution in [3.63, 3.8) is 0 Å². The van der Waals surface area contributed by atoms with Gasteiger partial charge in [-0.25, -0.2) is 14.6 Å². The molecule has 5 N–H and O–H groups in total. The van der Waals surface area contributed by atoms with Gasteiger partial charge < -0.3 is 44.6 Å². The van der Waals surface area contributed by atoms with Crippen molar-refractivity contribution in [2.45, 2.75) is 56.5 Å². The van der Waals surface area contributed by atoms with Crippen molar-refractivity contribution < 1.29 is 49.3 Å². The van der Waals surface area contributed by atoms with E-state index < -0.39 is 24.1 Å². The minimum absolute atomic E-state index is 0.0759. The zero-order chi connectivity index (χ0) is 30.4. The van der Waals surface area contributed by atoms with Crippen LogP contribution in [0.15, 0.2) is 23.3 Å². The maximum absolute atomic E-state index is 10.3. The number of aromatic nitrogens is 2. The molecule has 1 aliphatic heterocycles. The number of benzene rings is 1. The van der Waals surface area contributed by atoms with E-state index in [0.29, 0.717) is 36.4 Å². The van der Waals surface area contributed by atoms with E-state index in [9.17, 15) is 14.7 Å². The van der Waals surface area contributed by atoms with Gasteiger partial charge in [0.15, 0.2) is 23.7 Å². The third-order valence-electron chi connectivity index (χ3n) is 6.77. The Balaban J connectivity index is 0.000000397. The van der Waals surface area contributed by atoms with Gasteiger partial charge in [-0.1, -0.05) is 0 Å². The first kappa shape index (κ1) is 31.5. The van der Waals surface area contributed by atoms with E-state index in [0.717, 1.165) is 35.2 Å². The van der Waals surface area contributed by atoms with Crippen molar-refractivity contribution in [3.05, 3.63) is 35.0 Å². The normalized spacial score (nSPS) is 20.6. The van der Waals surface area contributed by atoms with Crippen LogP contribution in [0.3, 0.4) is 0 Å². The quantitative estimate of drug-likeness (QED) is 0.279. The molecule has 0 unspecified atom stereocenters. The summed E-state index contributed by atoms with van der Waals surface area (Å²) in [6.07, 6.45) is -0.834. The highest BCUT2D eigenvalue weighted by Gasteiger charge is 2.38. The molecule has 1 fully saturated rings. The summed E-state index contributed by atoms with van der Waals surface area (Å²) in [5.74, 6) is -1.01. The number of carbonyl (C=O) groups is 2. The average Bonchev–Trinajstić information content (AvgIpc) is 2.95. The number of aliphatic hydroxyl groups is 3. The summed E-state index contributed by atoms with van der Waals surface area (Å²) in [6, 6.07) is 4.09. The Morgan fingerprint density at radius 3 is 2.22 bits per heavy atom. The molecule has 0 saturated heterocycles. The molecule has 14 nitrogen and oxygen atoms in total. The van der Waals surface area contributed by atoms with Gasteiger partial charge in [0, 0.05) is 31.8 Å². The summed E-state index contributed by atoms with van der Waals surface area (Å²) in [5.41, 5.74) is 3.58. The van der Waals surface area contributed by atoms with Crippen molar-refractivity contribution in [3.8, 4) is 17.4 Å². The molecule has 2 heterocycles. The topological polar surface area (TPSA) is 204 Å².